The maximum absolute atomic E-state index is 13.4. The van der Waals surface area contributed by atoms with Gasteiger partial charge in [0.05, 0.1) is 18.8 Å². The number of aliphatic hydroxyl groups is 1. The summed E-state index contributed by atoms with van der Waals surface area (Å²) in [4.78, 5) is 25.3. The summed E-state index contributed by atoms with van der Waals surface area (Å²) < 4.78 is 12.8. The minimum Gasteiger partial charge on any atom is -0.393 e. The molecular weight excluding hydrogens is 406 g/mol. The molecule has 0 aromatic carbocycles. The van der Waals surface area contributed by atoms with E-state index in [1.54, 1.807) is 12.2 Å². The van der Waals surface area contributed by atoms with E-state index in [1.165, 1.54) is 0 Å². The molecule has 0 radical (unpaired) electrons. The predicted octanol–water partition coefficient (Wildman–Crippen LogP) is 3.32. The van der Waals surface area contributed by atoms with Crippen molar-refractivity contribution in [2.75, 3.05) is 6.54 Å². The summed E-state index contributed by atoms with van der Waals surface area (Å²) in [6, 6.07) is 0. The van der Waals surface area contributed by atoms with Gasteiger partial charge in [-0.1, -0.05) is 46.3 Å². The maximum atomic E-state index is 13.4. The number of fused-ring (bicyclic) bond motifs is 7. The first-order chi connectivity index (χ1) is 14.7. The number of ether oxygens (including phenoxy) is 2. The first kappa shape index (κ1) is 23.8. The molecule has 32 heavy (non-hydrogen) atoms. The molecule has 0 aromatic rings. The van der Waals surface area contributed by atoms with Crippen LogP contribution in [0.25, 0.3) is 0 Å². The Morgan fingerprint density at radius 1 is 1.34 bits per heavy atom. The Balaban J connectivity index is 0.00000245. The molecule has 0 amide bonds. The SMILES string of the molecule is C.CCCC1OC2CC3C4CCC5=CC(=O)C=CC5(C)C4C(O)CC3(C)C2(C(=O)CN)O1. The molecule has 1 saturated heterocycles. The summed E-state index contributed by atoms with van der Waals surface area (Å²) in [5.74, 6) is 0.391. The molecule has 0 spiro atoms. The van der Waals surface area contributed by atoms with E-state index in [-0.39, 0.29) is 61.1 Å². The van der Waals surface area contributed by atoms with E-state index in [1.807, 2.05) is 6.08 Å². The van der Waals surface area contributed by atoms with Crippen LogP contribution in [0.3, 0.4) is 0 Å². The van der Waals surface area contributed by atoms with Crippen molar-refractivity contribution in [2.45, 2.75) is 90.8 Å². The molecule has 4 aliphatic carbocycles. The molecule has 6 nitrogen and oxygen atoms in total. The van der Waals surface area contributed by atoms with Gasteiger partial charge in [0.15, 0.2) is 23.5 Å². The fourth-order valence-electron chi connectivity index (χ4n) is 8.16. The molecule has 1 aliphatic heterocycles. The van der Waals surface area contributed by atoms with Crippen molar-refractivity contribution in [3.05, 3.63) is 23.8 Å². The van der Waals surface area contributed by atoms with Crippen LogP contribution in [0.4, 0.5) is 0 Å². The summed E-state index contributed by atoms with van der Waals surface area (Å²) in [5.41, 5.74) is 5.10. The molecule has 1 heterocycles. The summed E-state index contributed by atoms with van der Waals surface area (Å²) in [6.07, 6.45) is 8.78. The Morgan fingerprint density at radius 2 is 2.09 bits per heavy atom. The summed E-state index contributed by atoms with van der Waals surface area (Å²) >= 11 is 0. The van der Waals surface area contributed by atoms with Crippen LogP contribution in [0.1, 0.15) is 66.7 Å². The van der Waals surface area contributed by atoms with Gasteiger partial charge in [-0.25, -0.2) is 0 Å². The second-order valence-corrected chi connectivity index (χ2v) is 10.8. The van der Waals surface area contributed by atoms with Crippen LogP contribution >= 0.6 is 0 Å². The smallest absolute Gasteiger partial charge is 0.181 e. The highest BCUT2D eigenvalue weighted by Gasteiger charge is 2.75. The molecule has 0 aromatic heterocycles. The fourth-order valence-corrected chi connectivity index (χ4v) is 8.16. The van der Waals surface area contributed by atoms with E-state index < -0.39 is 17.1 Å². The topological polar surface area (TPSA) is 98.9 Å². The summed E-state index contributed by atoms with van der Waals surface area (Å²) in [5, 5.41) is 11.6. The largest absolute Gasteiger partial charge is 0.393 e. The van der Waals surface area contributed by atoms with Crippen LogP contribution in [-0.2, 0) is 19.1 Å². The number of nitrogens with two attached hydrogens (primary N) is 1. The average Bonchev–Trinajstić information content (AvgIpc) is 3.20. The number of rotatable bonds is 4. The van der Waals surface area contributed by atoms with E-state index in [0.717, 1.165) is 37.7 Å². The lowest BCUT2D eigenvalue weighted by Crippen LogP contribution is -2.64. The van der Waals surface area contributed by atoms with Gasteiger partial charge in [0.1, 0.15) is 0 Å². The number of allylic oxidation sites excluding steroid dienone is 4. The van der Waals surface area contributed by atoms with Gasteiger partial charge in [0.2, 0.25) is 0 Å². The lowest BCUT2D eigenvalue weighted by Gasteiger charge is -2.59. The number of Topliss-reactive ketones (excluding diaryl/α,β-unsaturated/α-hetero) is 1. The Labute approximate surface area is 191 Å². The van der Waals surface area contributed by atoms with E-state index >= 15 is 0 Å². The Kier molecular flexibility index (Phi) is 5.85. The maximum Gasteiger partial charge on any atom is 0.181 e. The van der Waals surface area contributed by atoms with Gasteiger partial charge in [-0.3, -0.25) is 9.59 Å². The van der Waals surface area contributed by atoms with Crippen LogP contribution in [0, 0.1) is 28.6 Å². The Bertz CT molecular complexity index is 866. The molecule has 178 valence electrons. The normalized spacial score (nSPS) is 48.8. The molecule has 6 heteroatoms. The molecule has 3 N–H and O–H groups in total. The Morgan fingerprint density at radius 3 is 2.78 bits per heavy atom. The second kappa shape index (κ2) is 7.86. The third-order valence-corrected chi connectivity index (χ3v) is 9.41. The fraction of sp³-hybridized carbons (Fsp3) is 0.769. The van der Waals surface area contributed by atoms with Gasteiger partial charge in [-0.05, 0) is 56.1 Å². The number of ketones is 2. The van der Waals surface area contributed by atoms with Crippen molar-refractivity contribution < 1.29 is 24.2 Å². The minimum atomic E-state index is -1.08. The molecule has 9 atom stereocenters. The zero-order chi connectivity index (χ0) is 22.2. The van der Waals surface area contributed by atoms with Crippen molar-refractivity contribution in [3.8, 4) is 0 Å². The van der Waals surface area contributed by atoms with Crippen molar-refractivity contribution in [1.29, 1.82) is 0 Å². The first-order valence-electron chi connectivity index (χ1n) is 11.9. The van der Waals surface area contributed by atoms with Gasteiger partial charge in [-0.15, -0.1) is 0 Å². The Hall–Kier alpha value is -1.34. The van der Waals surface area contributed by atoms with Crippen LogP contribution in [0.5, 0.6) is 0 Å². The predicted molar refractivity (Wildman–Crippen MR) is 122 cm³/mol. The molecular formula is C26H39NO5. The van der Waals surface area contributed by atoms with Crippen LogP contribution in [0.2, 0.25) is 0 Å². The molecule has 4 fully saturated rings. The van der Waals surface area contributed by atoms with Crippen molar-refractivity contribution >= 4 is 11.6 Å². The number of hydrogen-bond acceptors (Lipinski definition) is 6. The first-order valence-corrected chi connectivity index (χ1v) is 11.9. The second-order valence-electron chi connectivity index (χ2n) is 10.8. The van der Waals surface area contributed by atoms with E-state index in [9.17, 15) is 14.7 Å². The number of hydrogen-bond donors (Lipinski definition) is 2. The number of carbonyl (C=O) groups is 2. The highest BCUT2D eigenvalue weighted by Crippen LogP contribution is 2.69. The van der Waals surface area contributed by atoms with Crippen molar-refractivity contribution in [2.24, 2.45) is 34.3 Å². The van der Waals surface area contributed by atoms with Crippen molar-refractivity contribution in [3.63, 3.8) is 0 Å². The van der Waals surface area contributed by atoms with Crippen LogP contribution in [0.15, 0.2) is 23.8 Å². The molecule has 0 bridgehead atoms. The molecule has 9 unspecified atom stereocenters. The van der Waals surface area contributed by atoms with Gasteiger partial charge in [0, 0.05) is 16.7 Å². The summed E-state index contributed by atoms with van der Waals surface area (Å²) in [7, 11) is 0. The van der Waals surface area contributed by atoms with E-state index in [4.69, 9.17) is 15.2 Å². The minimum absolute atomic E-state index is 0. The summed E-state index contributed by atoms with van der Waals surface area (Å²) in [6.45, 7) is 6.27. The number of carbonyl (C=O) groups excluding carboxylic acids is 2. The molecule has 5 aliphatic rings. The number of aliphatic hydroxyl groups excluding tert-OH is 1. The quantitative estimate of drug-likeness (QED) is 0.689. The van der Waals surface area contributed by atoms with Crippen LogP contribution < -0.4 is 5.73 Å². The van der Waals surface area contributed by atoms with Crippen molar-refractivity contribution in [1.82, 2.24) is 0 Å². The molecule has 3 saturated carbocycles. The third-order valence-electron chi connectivity index (χ3n) is 9.41. The lowest BCUT2D eigenvalue weighted by atomic mass is 9.46. The van der Waals surface area contributed by atoms with Gasteiger partial charge in [-0.2, -0.15) is 0 Å². The van der Waals surface area contributed by atoms with Crippen LogP contribution in [-0.4, -0.2) is 47.3 Å². The third kappa shape index (κ3) is 2.85. The zero-order valence-electron chi connectivity index (χ0n) is 18.8. The molecule has 5 rings (SSSR count). The lowest BCUT2D eigenvalue weighted by molar-refractivity contribution is -0.198. The van der Waals surface area contributed by atoms with Gasteiger partial charge in [0.25, 0.3) is 0 Å². The standard InChI is InChI=1S/C25H35NO5.CH4/c1-4-5-21-30-20-11-17-16-7-6-14-10-15(27)8-9-23(14,2)22(16)18(28)12-24(17,3)25(20,31-21)19(29)13-26;/h8-10,16-18,20-22,28H,4-7,11-13,26H2,1-3H3;1H4. The highest BCUT2D eigenvalue weighted by atomic mass is 16.7. The monoisotopic (exact) mass is 445 g/mol. The van der Waals surface area contributed by atoms with Gasteiger partial charge < -0.3 is 20.3 Å². The highest BCUT2D eigenvalue weighted by molar-refractivity contribution is 6.01. The van der Waals surface area contributed by atoms with E-state index in [0.29, 0.717) is 6.42 Å². The van der Waals surface area contributed by atoms with E-state index in [2.05, 4.69) is 20.8 Å². The average molecular weight is 446 g/mol. The zero-order valence-corrected chi connectivity index (χ0v) is 18.8. The van der Waals surface area contributed by atoms with Gasteiger partial charge >= 0.3 is 0 Å².